The number of rotatable bonds is 3. The Hall–Kier alpha value is -0.880. The molecule has 0 amide bonds. The molecule has 0 bridgehead atoms. The molecule has 0 unspecified atom stereocenters. The van der Waals surface area contributed by atoms with Crippen LogP contribution in [0.1, 0.15) is 31.7 Å². The van der Waals surface area contributed by atoms with Gasteiger partial charge in [0.15, 0.2) is 0 Å². The minimum absolute atomic E-state index is 0.0799. The van der Waals surface area contributed by atoms with Crippen molar-refractivity contribution in [3.8, 4) is 0 Å². The van der Waals surface area contributed by atoms with E-state index in [0.717, 1.165) is 25.7 Å². The molecule has 3 rings (SSSR count). The van der Waals surface area contributed by atoms with Crippen molar-refractivity contribution in [2.75, 3.05) is 13.1 Å². The first-order valence-electron chi connectivity index (χ1n) is 6.16. The zero-order valence-electron chi connectivity index (χ0n) is 9.70. The van der Waals surface area contributed by atoms with Crippen molar-refractivity contribution in [3.05, 3.63) is 18.5 Å². The average Bonchev–Trinajstić information content (AvgIpc) is 3.07. The highest BCUT2D eigenvalue weighted by atomic mass is 32.2. The molecule has 6 heteroatoms. The van der Waals surface area contributed by atoms with Crippen LogP contribution in [0.5, 0.6) is 0 Å². The highest BCUT2D eigenvalue weighted by Crippen LogP contribution is 2.33. The van der Waals surface area contributed by atoms with Gasteiger partial charge in [-0.15, -0.1) is 0 Å². The molecule has 1 aromatic heterocycles. The van der Waals surface area contributed by atoms with Crippen molar-refractivity contribution in [3.63, 3.8) is 0 Å². The summed E-state index contributed by atoms with van der Waals surface area (Å²) in [6, 6.07) is 2.27. The highest BCUT2D eigenvalue weighted by Gasteiger charge is 2.41. The van der Waals surface area contributed by atoms with Gasteiger partial charge in [0.2, 0.25) is 10.0 Å². The lowest BCUT2D eigenvalue weighted by Gasteiger charge is -2.31. The summed E-state index contributed by atoms with van der Waals surface area (Å²) in [5.41, 5.74) is 0. The Kier molecular flexibility index (Phi) is 2.71. The summed E-state index contributed by atoms with van der Waals surface area (Å²) < 4.78 is 27.7. The number of hydrogen-bond donors (Lipinski definition) is 0. The van der Waals surface area contributed by atoms with Gasteiger partial charge in [-0.05, 0) is 31.7 Å². The number of aromatic nitrogens is 2. The molecule has 0 atom stereocenters. The summed E-state index contributed by atoms with van der Waals surface area (Å²) in [6.45, 7) is 1.28. The van der Waals surface area contributed by atoms with Crippen molar-refractivity contribution in [1.29, 1.82) is 0 Å². The van der Waals surface area contributed by atoms with E-state index in [1.54, 1.807) is 10.5 Å². The molecule has 0 aromatic carbocycles. The summed E-state index contributed by atoms with van der Waals surface area (Å²) in [6.07, 6.45) is 7.16. The van der Waals surface area contributed by atoms with Gasteiger partial charge in [0.25, 0.3) is 0 Å². The van der Waals surface area contributed by atoms with Crippen LogP contribution >= 0.6 is 0 Å². The lowest BCUT2D eigenvalue weighted by molar-refractivity contribution is 0.261. The second-order valence-electron chi connectivity index (χ2n) is 4.86. The second kappa shape index (κ2) is 4.10. The molecule has 2 heterocycles. The largest absolute Gasteiger partial charge is 0.270 e. The summed E-state index contributed by atoms with van der Waals surface area (Å²) >= 11 is 0. The first-order chi connectivity index (χ1) is 8.18. The molecule has 1 aliphatic heterocycles. The molecule has 2 aliphatic rings. The van der Waals surface area contributed by atoms with Gasteiger partial charge in [0, 0.05) is 25.5 Å². The fourth-order valence-corrected chi connectivity index (χ4v) is 4.31. The lowest BCUT2D eigenvalue weighted by atomic mass is 10.1. The van der Waals surface area contributed by atoms with Crippen molar-refractivity contribution in [2.24, 2.45) is 0 Å². The molecule has 2 fully saturated rings. The minimum Gasteiger partial charge on any atom is -0.270 e. The number of piperidine rings is 1. The zero-order valence-corrected chi connectivity index (χ0v) is 10.5. The third kappa shape index (κ3) is 2.11. The van der Waals surface area contributed by atoms with Crippen LogP contribution in [0.2, 0.25) is 0 Å². The average molecular weight is 255 g/mol. The van der Waals surface area contributed by atoms with Crippen molar-refractivity contribution < 1.29 is 8.42 Å². The van der Waals surface area contributed by atoms with Gasteiger partial charge in [0.1, 0.15) is 0 Å². The maximum absolute atomic E-state index is 12.0. The van der Waals surface area contributed by atoms with Crippen LogP contribution in [0.3, 0.4) is 0 Å². The minimum atomic E-state index is -2.98. The Labute approximate surface area is 101 Å². The standard InChI is InChI=1S/C11H17N3O2S/c15-17(16,11-2-3-11)13-8-4-10(5-9-13)14-7-1-6-12-14/h1,6-7,10-11H,2-5,8-9H2. The monoisotopic (exact) mass is 255 g/mol. The molecule has 1 saturated carbocycles. The summed E-state index contributed by atoms with van der Waals surface area (Å²) in [5.74, 6) is 0. The van der Waals surface area contributed by atoms with E-state index < -0.39 is 10.0 Å². The fourth-order valence-electron chi connectivity index (χ4n) is 2.43. The van der Waals surface area contributed by atoms with E-state index >= 15 is 0 Å². The number of hydrogen-bond acceptors (Lipinski definition) is 3. The predicted octanol–water partition coefficient (Wildman–Crippen LogP) is 1.01. The van der Waals surface area contributed by atoms with Crippen LogP contribution in [0.25, 0.3) is 0 Å². The Morgan fingerprint density at radius 1 is 1.12 bits per heavy atom. The van der Waals surface area contributed by atoms with Crippen molar-refractivity contribution >= 4 is 10.0 Å². The summed E-state index contributed by atoms with van der Waals surface area (Å²) in [5, 5.41) is 4.14. The molecule has 94 valence electrons. The van der Waals surface area contributed by atoms with Crippen LogP contribution < -0.4 is 0 Å². The lowest BCUT2D eigenvalue weighted by Crippen LogP contribution is -2.40. The van der Waals surface area contributed by atoms with Crippen LogP contribution in [-0.4, -0.2) is 40.8 Å². The topological polar surface area (TPSA) is 55.2 Å². The van der Waals surface area contributed by atoms with Gasteiger partial charge < -0.3 is 0 Å². The molecule has 1 saturated heterocycles. The van der Waals surface area contributed by atoms with E-state index in [0.29, 0.717) is 19.1 Å². The van der Waals surface area contributed by atoms with Gasteiger partial charge >= 0.3 is 0 Å². The van der Waals surface area contributed by atoms with Crippen molar-refractivity contribution in [2.45, 2.75) is 37.0 Å². The van der Waals surface area contributed by atoms with Gasteiger partial charge in [0.05, 0.1) is 11.3 Å². The van der Waals surface area contributed by atoms with Gasteiger partial charge in [-0.1, -0.05) is 0 Å². The number of nitrogens with zero attached hydrogens (tertiary/aromatic N) is 3. The van der Waals surface area contributed by atoms with Crippen LogP contribution in [-0.2, 0) is 10.0 Å². The van der Waals surface area contributed by atoms with E-state index in [1.165, 1.54) is 0 Å². The van der Waals surface area contributed by atoms with E-state index in [2.05, 4.69) is 5.10 Å². The number of sulfonamides is 1. The highest BCUT2D eigenvalue weighted by molar-refractivity contribution is 7.90. The van der Waals surface area contributed by atoms with Gasteiger partial charge in [-0.25, -0.2) is 12.7 Å². The summed E-state index contributed by atoms with van der Waals surface area (Å²) in [7, 11) is -2.98. The SMILES string of the molecule is O=S(=O)(C1CC1)N1CCC(n2cccn2)CC1. The molecule has 0 radical (unpaired) electrons. The first-order valence-corrected chi connectivity index (χ1v) is 7.66. The van der Waals surface area contributed by atoms with Crippen LogP contribution in [0.4, 0.5) is 0 Å². The molecule has 5 nitrogen and oxygen atoms in total. The Balaban J connectivity index is 1.64. The zero-order chi connectivity index (χ0) is 11.9. The third-order valence-electron chi connectivity index (χ3n) is 3.63. The molecular formula is C11H17N3O2S. The second-order valence-corrected chi connectivity index (χ2v) is 7.07. The Bertz CT molecular complexity index is 471. The van der Waals surface area contributed by atoms with Crippen LogP contribution in [0.15, 0.2) is 18.5 Å². The Morgan fingerprint density at radius 3 is 2.35 bits per heavy atom. The third-order valence-corrected chi connectivity index (χ3v) is 6.03. The molecule has 0 N–H and O–H groups in total. The first kappa shape index (κ1) is 11.2. The van der Waals surface area contributed by atoms with E-state index in [4.69, 9.17) is 0 Å². The maximum Gasteiger partial charge on any atom is 0.216 e. The normalized spacial score (nSPS) is 24.0. The quantitative estimate of drug-likeness (QED) is 0.810. The van der Waals surface area contributed by atoms with Gasteiger partial charge in [-0.3, -0.25) is 4.68 Å². The fraction of sp³-hybridized carbons (Fsp3) is 0.727. The van der Waals surface area contributed by atoms with E-state index in [9.17, 15) is 8.42 Å². The predicted molar refractivity (Wildman–Crippen MR) is 64.0 cm³/mol. The van der Waals surface area contributed by atoms with Crippen molar-refractivity contribution in [1.82, 2.24) is 14.1 Å². The molecule has 0 spiro atoms. The van der Waals surface area contributed by atoms with Crippen LogP contribution in [0, 0.1) is 0 Å². The Morgan fingerprint density at radius 2 is 1.82 bits per heavy atom. The smallest absolute Gasteiger partial charge is 0.216 e. The summed E-state index contributed by atoms with van der Waals surface area (Å²) in [4.78, 5) is 0. The van der Waals surface area contributed by atoms with E-state index in [-0.39, 0.29) is 5.25 Å². The molecular weight excluding hydrogens is 238 g/mol. The molecule has 17 heavy (non-hydrogen) atoms. The van der Waals surface area contributed by atoms with E-state index in [1.807, 2.05) is 16.9 Å². The maximum atomic E-state index is 12.0. The van der Waals surface area contributed by atoms with Gasteiger partial charge in [-0.2, -0.15) is 5.10 Å². The molecule has 1 aliphatic carbocycles. The molecule has 1 aromatic rings.